The maximum Gasteiger partial charge on any atom is 0.157 e. The summed E-state index contributed by atoms with van der Waals surface area (Å²) in [6.07, 6.45) is 8.00. The standard InChI is InChI=1S/C27H22ClN7S/c28-23-20(5-8-31-24(23)30)36-21-3-4-22-33-25(19-15-32-26(21)35(19)22)34-9-6-27(7-10-34)12-17-2-1-16(14-29)11-18(17)13-27/h1-5,8,11,15H,6-7,9-10,12-13H2,(H2,30,31). The van der Waals surface area contributed by atoms with E-state index < -0.39 is 0 Å². The molecule has 1 aliphatic heterocycles. The summed E-state index contributed by atoms with van der Waals surface area (Å²) in [7, 11) is 0. The van der Waals surface area contributed by atoms with Crippen molar-refractivity contribution in [3.8, 4) is 6.07 Å². The van der Waals surface area contributed by atoms with Crippen LogP contribution in [0.2, 0.25) is 5.02 Å². The van der Waals surface area contributed by atoms with Gasteiger partial charge in [0.1, 0.15) is 17.0 Å². The van der Waals surface area contributed by atoms with Crippen LogP contribution in [0.4, 0.5) is 11.6 Å². The fourth-order valence-corrected chi connectivity index (χ4v) is 7.03. The van der Waals surface area contributed by atoms with Crippen molar-refractivity contribution in [3.63, 3.8) is 0 Å². The van der Waals surface area contributed by atoms with Gasteiger partial charge in [-0.1, -0.05) is 29.4 Å². The fraction of sp³-hybridized carbons (Fsp3) is 0.259. The summed E-state index contributed by atoms with van der Waals surface area (Å²) in [6, 6.07) is 14.4. The largest absolute Gasteiger partial charge is 0.382 e. The van der Waals surface area contributed by atoms with Crippen LogP contribution < -0.4 is 10.6 Å². The molecule has 1 aliphatic carbocycles. The zero-order chi connectivity index (χ0) is 24.4. The molecule has 1 aromatic carbocycles. The lowest BCUT2D eigenvalue weighted by Crippen LogP contribution is -2.40. The molecule has 0 unspecified atom stereocenters. The minimum atomic E-state index is 0.293. The van der Waals surface area contributed by atoms with Crippen molar-refractivity contribution in [3.05, 3.63) is 70.5 Å². The Bertz CT molecular complexity index is 1680. The van der Waals surface area contributed by atoms with Crippen molar-refractivity contribution in [2.75, 3.05) is 23.7 Å². The molecule has 0 atom stereocenters. The van der Waals surface area contributed by atoms with E-state index in [1.165, 1.54) is 22.9 Å². The third kappa shape index (κ3) is 3.30. The van der Waals surface area contributed by atoms with Gasteiger partial charge in [0.15, 0.2) is 11.5 Å². The molecule has 1 saturated heterocycles. The Balaban J connectivity index is 1.15. The zero-order valence-corrected chi connectivity index (χ0v) is 21.0. The molecule has 7 rings (SSSR count). The van der Waals surface area contributed by atoms with Crippen LogP contribution in [0.25, 0.3) is 16.8 Å². The van der Waals surface area contributed by atoms with Crippen molar-refractivity contribution in [1.82, 2.24) is 19.4 Å². The van der Waals surface area contributed by atoms with E-state index in [-0.39, 0.29) is 0 Å². The second-order valence-corrected chi connectivity index (χ2v) is 11.3. The molecule has 9 heteroatoms. The molecule has 0 amide bonds. The number of benzene rings is 1. The Labute approximate surface area is 217 Å². The van der Waals surface area contributed by atoms with Gasteiger partial charge in [-0.05, 0) is 72.6 Å². The highest BCUT2D eigenvalue weighted by Crippen LogP contribution is 2.46. The highest BCUT2D eigenvalue weighted by Gasteiger charge is 2.40. The number of pyridine rings is 2. The lowest BCUT2D eigenvalue weighted by Gasteiger charge is -2.39. The molecule has 178 valence electrons. The maximum absolute atomic E-state index is 9.27. The number of hydrogen-bond donors (Lipinski definition) is 1. The average molecular weight is 512 g/mol. The molecule has 5 aromatic rings. The molecular formula is C27H22ClN7S. The van der Waals surface area contributed by atoms with Crippen LogP contribution in [-0.4, -0.2) is 32.4 Å². The predicted molar refractivity (Wildman–Crippen MR) is 142 cm³/mol. The first-order valence-corrected chi connectivity index (χ1v) is 13.2. The van der Waals surface area contributed by atoms with E-state index in [1.807, 2.05) is 30.5 Å². The van der Waals surface area contributed by atoms with Gasteiger partial charge < -0.3 is 10.6 Å². The number of rotatable bonds is 3. The number of aromatic nitrogens is 4. The number of nitrogens with two attached hydrogens (primary N) is 1. The number of nitrogens with zero attached hydrogens (tertiary/aromatic N) is 6. The fourth-order valence-electron chi connectivity index (χ4n) is 5.87. The third-order valence-corrected chi connectivity index (χ3v) is 9.34. The van der Waals surface area contributed by atoms with Crippen LogP contribution in [0.1, 0.15) is 29.5 Å². The van der Waals surface area contributed by atoms with E-state index in [1.54, 1.807) is 6.20 Å². The van der Waals surface area contributed by atoms with Crippen LogP contribution >= 0.6 is 23.4 Å². The van der Waals surface area contributed by atoms with Crippen molar-refractivity contribution in [1.29, 1.82) is 5.26 Å². The van der Waals surface area contributed by atoms with E-state index in [0.29, 0.717) is 16.3 Å². The number of nitrogen functional groups attached to an aromatic ring is 1. The Kier molecular flexibility index (Phi) is 4.82. The number of hydrogen-bond acceptors (Lipinski definition) is 7. The summed E-state index contributed by atoms with van der Waals surface area (Å²) >= 11 is 7.92. The summed E-state index contributed by atoms with van der Waals surface area (Å²) in [5, 5.41) is 9.73. The van der Waals surface area contributed by atoms with Gasteiger partial charge in [0.05, 0.1) is 27.7 Å². The van der Waals surface area contributed by atoms with Crippen molar-refractivity contribution >= 4 is 51.8 Å². The SMILES string of the molecule is N#Cc1ccc2c(c1)CC1(CCN(c3nc4ccc(Sc5ccnc(N)c5Cl)c5ncc3n45)CC1)C2. The van der Waals surface area contributed by atoms with Gasteiger partial charge in [-0.2, -0.15) is 5.26 Å². The lowest BCUT2D eigenvalue weighted by molar-refractivity contribution is 0.232. The average Bonchev–Trinajstić information content (AvgIpc) is 3.59. The highest BCUT2D eigenvalue weighted by atomic mass is 35.5. The topological polar surface area (TPSA) is 96.1 Å². The molecule has 1 fully saturated rings. The number of fused-ring (bicyclic) bond motifs is 1. The van der Waals surface area contributed by atoms with Gasteiger partial charge in [-0.25, -0.2) is 15.0 Å². The first-order valence-electron chi connectivity index (χ1n) is 12.0. The summed E-state index contributed by atoms with van der Waals surface area (Å²) in [5.74, 6) is 1.33. The first kappa shape index (κ1) is 21.7. The molecule has 0 bridgehead atoms. The number of imidazole rings is 2. The molecule has 36 heavy (non-hydrogen) atoms. The Morgan fingerprint density at radius 3 is 2.69 bits per heavy atom. The van der Waals surface area contributed by atoms with Crippen molar-refractivity contribution < 1.29 is 0 Å². The molecule has 2 aliphatic rings. The van der Waals surface area contributed by atoms with E-state index in [0.717, 1.165) is 76.8 Å². The molecule has 5 heterocycles. The van der Waals surface area contributed by atoms with Gasteiger partial charge in [-0.3, -0.25) is 4.40 Å². The van der Waals surface area contributed by atoms with Crippen LogP contribution in [0.5, 0.6) is 0 Å². The molecule has 1 spiro atoms. The maximum atomic E-state index is 9.27. The second kappa shape index (κ2) is 7.99. The Hall–Kier alpha value is -3.54. The van der Waals surface area contributed by atoms with Gasteiger partial charge in [0, 0.05) is 24.2 Å². The number of piperidine rings is 1. The van der Waals surface area contributed by atoms with E-state index in [2.05, 4.69) is 32.5 Å². The molecule has 2 N–H and O–H groups in total. The summed E-state index contributed by atoms with van der Waals surface area (Å²) in [6.45, 7) is 1.93. The normalized spacial score (nSPS) is 16.7. The summed E-state index contributed by atoms with van der Waals surface area (Å²) in [5.41, 5.74) is 12.5. The van der Waals surface area contributed by atoms with E-state index in [4.69, 9.17) is 27.3 Å². The third-order valence-electron chi connectivity index (χ3n) is 7.74. The minimum absolute atomic E-state index is 0.293. The van der Waals surface area contributed by atoms with Crippen LogP contribution in [-0.2, 0) is 12.8 Å². The smallest absolute Gasteiger partial charge is 0.157 e. The highest BCUT2D eigenvalue weighted by molar-refractivity contribution is 7.99. The molecular weight excluding hydrogens is 490 g/mol. The molecule has 4 aromatic heterocycles. The monoisotopic (exact) mass is 511 g/mol. The quantitative estimate of drug-likeness (QED) is 0.348. The predicted octanol–water partition coefficient (Wildman–Crippen LogP) is 5.36. The van der Waals surface area contributed by atoms with Crippen LogP contribution in [0, 0.1) is 16.7 Å². The Morgan fingerprint density at radius 1 is 1.03 bits per heavy atom. The molecule has 7 nitrogen and oxygen atoms in total. The summed E-state index contributed by atoms with van der Waals surface area (Å²) in [4.78, 5) is 18.1. The first-order chi connectivity index (χ1) is 17.5. The second-order valence-electron chi connectivity index (χ2n) is 9.84. The van der Waals surface area contributed by atoms with E-state index in [9.17, 15) is 5.26 Å². The van der Waals surface area contributed by atoms with E-state index >= 15 is 0 Å². The summed E-state index contributed by atoms with van der Waals surface area (Å²) < 4.78 is 2.13. The van der Waals surface area contributed by atoms with Gasteiger partial charge in [0.25, 0.3) is 0 Å². The van der Waals surface area contributed by atoms with Gasteiger partial charge in [0.2, 0.25) is 0 Å². The molecule has 0 radical (unpaired) electrons. The minimum Gasteiger partial charge on any atom is -0.382 e. The van der Waals surface area contributed by atoms with Gasteiger partial charge >= 0.3 is 0 Å². The lowest BCUT2D eigenvalue weighted by atomic mass is 9.76. The number of halogens is 1. The van der Waals surface area contributed by atoms with Crippen molar-refractivity contribution in [2.24, 2.45) is 5.41 Å². The Morgan fingerprint density at radius 2 is 1.86 bits per heavy atom. The molecule has 0 saturated carbocycles. The number of anilines is 2. The zero-order valence-electron chi connectivity index (χ0n) is 19.4. The van der Waals surface area contributed by atoms with Crippen LogP contribution in [0.3, 0.4) is 0 Å². The van der Waals surface area contributed by atoms with Crippen molar-refractivity contribution in [2.45, 2.75) is 35.5 Å². The van der Waals surface area contributed by atoms with Crippen LogP contribution in [0.15, 0.2) is 58.6 Å². The number of nitriles is 1. The van der Waals surface area contributed by atoms with Gasteiger partial charge in [-0.15, -0.1) is 0 Å².